The first-order valence-electron chi connectivity index (χ1n) is 6.63. The SMILES string of the molecule is CCn1ccc(=O)n(CCNCc2ccccn2)c1=O. The average Bonchev–Trinajstić information content (AvgIpc) is 2.47. The molecule has 0 aliphatic carbocycles. The Bertz CT molecular complexity index is 661. The summed E-state index contributed by atoms with van der Waals surface area (Å²) in [5.74, 6) is 0. The third kappa shape index (κ3) is 3.42. The van der Waals surface area contributed by atoms with Crippen LogP contribution in [0.5, 0.6) is 0 Å². The summed E-state index contributed by atoms with van der Waals surface area (Å²) >= 11 is 0. The first-order chi connectivity index (χ1) is 9.72. The predicted octanol–water partition coefficient (Wildman–Crippen LogP) is 0.215. The van der Waals surface area contributed by atoms with Gasteiger partial charge in [0.2, 0.25) is 0 Å². The van der Waals surface area contributed by atoms with Gasteiger partial charge in [0.05, 0.1) is 5.69 Å². The van der Waals surface area contributed by atoms with Gasteiger partial charge in [-0.2, -0.15) is 0 Å². The van der Waals surface area contributed by atoms with E-state index in [4.69, 9.17) is 0 Å². The number of hydrogen-bond donors (Lipinski definition) is 1. The van der Waals surface area contributed by atoms with Crippen LogP contribution in [0.25, 0.3) is 0 Å². The van der Waals surface area contributed by atoms with E-state index in [2.05, 4.69) is 10.3 Å². The Labute approximate surface area is 116 Å². The quantitative estimate of drug-likeness (QED) is 0.765. The minimum atomic E-state index is -0.265. The number of nitrogens with one attached hydrogen (secondary N) is 1. The Morgan fingerprint density at radius 3 is 2.80 bits per heavy atom. The molecule has 6 heteroatoms. The van der Waals surface area contributed by atoms with Crippen molar-refractivity contribution in [1.29, 1.82) is 0 Å². The van der Waals surface area contributed by atoms with Gasteiger partial charge >= 0.3 is 5.69 Å². The average molecular weight is 274 g/mol. The molecule has 0 aromatic carbocycles. The fourth-order valence-corrected chi connectivity index (χ4v) is 1.91. The Kier molecular flexibility index (Phi) is 4.84. The second kappa shape index (κ2) is 6.81. The van der Waals surface area contributed by atoms with E-state index in [1.54, 1.807) is 6.20 Å². The lowest BCUT2D eigenvalue weighted by molar-refractivity contribution is 0.529. The maximum absolute atomic E-state index is 12.0. The van der Waals surface area contributed by atoms with E-state index >= 15 is 0 Å². The summed E-state index contributed by atoms with van der Waals surface area (Å²) in [4.78, 5) is 27.8. The highest BCUT2D eigenvalue weighted by Gasteiger charge is 2.03. The van der Waals surface area contributed by atoms with Gasteiger partial charge in [0, 0.05) is 44.6 Å². The minimum absolute atomic E-state index is 0.264. The molecular formula is C14H18N4O2. The van der Waals surface area contributed by atoms with Gasteiger partial charge in [-0.3, -0.25) is 14.3 Å². The predicted molar refractivity (Wildman–Crippen MR) is 76.6 cm³/mol. The van der Waals surface area contributed by atoms with Crippen LogP contribution in [0.15, 0.2) is 46.2 Å². The molecule has 0 bridgehead atoms. The van der Waals surface area contributed by atoms with Crippen LogP contribution < -0.4 is 16.6 Å². The summed E-state index contributed by atoms with van der Waals surface area (Å²) in [6, 6.07) is 7.13. The molecule has 2 aromatic heterocycles. The lowest BCUT2D eigenvalue weighted by Crippen LogP contribution is -2.40. The number of pyridine rings is 1. The summed E-state index contributed by atoms with van der Waals surface area (Å²) < 4.78 is 2.76. The fourth-order valence-electron chi connectivity index (χ4n) is 1.91. The van der Waals surface area contributed by atoms with Crippen LogP contribution in [-0.2, 0) is 19.6 Å². The summed E-state index contributed by atoms with van der Waals surface area (Å²) in [5, 5.41) is 3.17. The normalized spacial score (nSPS) is 10.7. The molecule has 0 saturated heterocycles. The molecule has 0 fully saturated rings. The van der Waals surface area contributed by atoms with Gasteiger partial charge in [0.25, 0.3) is 5.56 Å². The monoisotopic (exact) mass is 274 g/mol. The van der Waals surface area contributed by atoms with Crippen molar-refractivity contribution in [3.63, 3.8) is 0 Å². The van der Waals surface area contributed by atoms with Crippen molar-refractivity contribution >= 4 is 0 Å². The van der Waals surface area contributed by atoms with Crippen LogP contribution >= 0.6 is 0 Å². The van der Waals surface area contributed by atoms with Crippen LogP contribution in [0.3, 0.4) is 0 Å². The first-order valence-corrected chi connectivity index (χ1v) is 6.63. The third-order valence-electron chi connectivity index (χ3n) is 3.02. The molecule has 0 radical (unpaired) electrons. The smallest absolute Gasteiger partial charge is 0.309 e. The Morgan fingerprint density at radius 1 is 1.25 bits per heavy atom. The molecular weight excluding hydrogens is 256 g/mol. The maximum Gasteiger partial charge on any atom is 0.330 e. The van der Waals surface area contributed by atoms with Crippen molar-refractivity contribution < 1.29 is 0 Å². The minimum Gasteiger partial charge on any atom is -0.309 e. The number of nitrogens with zero attached hydrogens (tertiary/aromatic N) is 3. The second-order valence-electron chi connectivity index (χ2n) is 4.37. The first kappa shape index (κ1) is 14.2. The fraction of sp³-hybridized carbons (Fsp3) is 0.357. The van der Waals surface area contributed by atoms with Crippen LogP contribution in [0.4, 0.5) is 0 Å². The van der Waals surface area contributed by atoms with E-state index in [0.717, 1.165) is 5.69 Å². The van der Waals surface area contributed by atoms with Gasteiger partial charge in [-0.25, -0.2) is 4.79 Å². The molecule has 106 valence electrons. The lowest BCUT2D eigenvalue weighted by Gasteiger charge is -2.08. The van der Waals surface area contributed by atoms with E-state index in [-0.39, 0.29) is 11.2 Å². The highest BCUT2D eigenvalue weighted by atomic mass is 16.2. The van der Waals surface area contributed by atoms with Crippen LogP contribution in [0, 0.1) is 0 Å². The largest absolute Gasteiger partial charge is 0.330 e. The van der Waals surface area contributed by atoms with Crippen molar-refractivity contribution in [2.45, 2.75) is 26.6 Å². The number of hydrogen-bond acceptors (Lipinski definition) is 4. The molecule has 0 saturated carbocycles. The lowest BCUT2D eigenvalue weighted by atomic mass is 10.3. The van der Waals surface area contributed by atoms with Crippen molar-refractivity contribution in [3.05, 3.63) is 63.2 Å². The third-order valence-corrected chi connectivity index (χ3v) is 3.02. The molecule has 2 rings (SSSR count). The zero-order valence-electron chi connectivity index (χ0n) is 11.5. The Morgan fingerprint density at radius 2 is 2.10 bits per heavy atom. The van der Waals surface area contributed by atoms with Gasteiger partial charge in [-0.15, -0.1) is 0 Å². The topological polar surface area (TPSA) is 68.9 Å². The molecule has 0 amide bonds. The zero-order chi connectivity index (χ0) is 14.4. The van der Waals surface area contributed by atoms with Gasteiger partial charge in [0.15, 0.2) is 0 Å². The molecule has 20 heavy (non-hydrogen) atoms. The number of rotatable bonds is 6. The van der Waals surface area contributed by atoms with Crippen molar-refractivity contribution in [1.82, 2.24) is 19.4 Å². The van der Waals surface area contributed by atoms with Gasteiger partial charge in [-0.1, -0.05) is 6.07 Å². The van der Waals surface area contributed by atoms with Crippen LogP contribution in [0.2, 0.25) is 0 Å². The highest BCUT2D eigenvalue weighted by Crippen LogP contribution is 1.91. The van der Waals surface area contributed by atoms with E-state index < -0.39 is 0 Å². The maximum atomic E-state index is 12.0. The van der Waals surface area contributed by atoms with Crippen molar-refractivity contribution in [2.24, 2.45) is 0 Å². The summed E-state index contributed by atoms with van der Waals surface area (Å²) in [6.45, 7) is 3.94. The summed E-state index contributed by atoms with van der Waals surface area (Å²) in [6.07, 6.45) is 3.26. The number of aromatic nitrogens is 3. The molecule has 2 heterocycles. The molecule has 6 nitrogen and oxygen atoms in total. The standard InChI is InChI=1S/C14H18N4O2/c1-2-17-9-6-13(19)18(14(17)20)10-8-15-11-12-5-3-4-7-16-12/h3-7,9,15H,2,8,10-11H2,1H3. The van der Waals surface area contributed by atoms with Crippen molar-refractivity contribution in [3.8, 4) is 0 Å². The van der Waals surface area contributed by atoms with E-state index in [1.807, 2.05) is 25.1 Å². The Balaban J connectivity index is 1.95. The van der Waals surface area contributed by atoms with Crippen LogP contribution in [0.1, 0.15) is 12.6 Å². The molecule has 0 aliphatic heterocycles. The molecule has 1 N–H and O–H groups in total. The van der Waals surface area contributed by atoms with Crippen LogP contribution in [-0.4, -0.2) is 20.7 Å². The molecule has 0 aliphatic rings. The van der Waals surface area contributed by atoms with E-state index in [0.29, 0.717) is 26.2 Å². The number of aryl methyl sites for hydroxylation is 1. The zero-order valence-corrected chi connectivity index (χ0v) is 11.5. The second-order valence-corrected chi connectivity index (χ2v) is 4.37. The molecule has 0 unspecified atom stereocenters. The summed E-state index contributed by atoms with van der Waals surface area (Å²) in [5.41, 5.74) is 0.401. The van der Waals surface area contributed by atoms with Gasteiger partial charge < -0.3 is 9.88 Å². The summed E-state index contributed by atoms with van der Waals surface area (Å²) in [7, 11) is 0. The molecule has 0 spiro atoms. The highest BCUT2D eigenvalue weighted by molar-refractivity contribution is 5.02. The molecule has 0 atom stereocenters. The van der Waals surface area contributed by atoms with E-state index in [1.165, 1.54) is 21.4 Å². The van der Waals surface area contributed by atoms with E-state index in [9.17, 15) is 9.59 Å². The van der Waals surface area contributed by atoms with Gasteiger partial charge in [-0.05, 0) is 19.1 Å². The van der Waals surface area contributed by atoms with Gasteiger partial charge in [0.1, 0.15) is 0 Å². The molecule has 2 aromatic rings. The Hall–Kier alpha value is -2.21. The van der Waals surface area contributed by atoms with Crippen molar-refractivity contribution in [2.75, 3.05) is 6.54 Å².